The average molecular weight is 276 g/mol. The van der Waals surface area contributed by atoms with Gasteiger partial charge in [-0.1, -0.05) is 0 Å². The van der Waals surface area contributed by atoms with Crippen LogP contribution in [0.5, 0.6) is 11.5 Å². The third-order valence-electron chi connectivity index (χ3n) is 2.87. The number of methoxy groups -OCH3 is 2. The lowest BCUT2D eigenvalue weighted by molar-refractivity contribution is -0.116. The molecule has 20 heavy (non-hydrogen) atoms. The minimum absolute atomic E-state index is 0.167. The van der Waals surface area contributed by atoms with Gasteiger partial charge in [0, 0.05) is 0 Å². The van der Waals surface area contributed by atoms with Crippen LogP contribution in [0.25, 0.3) is 0 Å². The molecule has 1 amide bonds. The third kappa shape index (κ3) is 3.05. The van der Waals surface area contributed by atoms with E-state index in [-0.39, 0.29) is 12.3 Å². The van der Waals surface area contributed by atoms with Crippen molar-refractivity contribution in [2.24, 2.45) is 0 Å². The maximum absolute atomic E-state index is 11.9. The maximum Gasteiger partial charge on any atom is 0.243 e. The Morgan fingerprint density at radius 1 is 1.20 bits per heavy atom. The lowest BCUT2D eigenvalue weighted by Gasteiger charge is -2.12. The van der Waals surface area contributed by atoms with Crippen LogP contribution in [0.15, 0.2) is 24.8 Å². The monoisotopic (exact) mass is 276 g/mol. The van der Waals surface area contributed by atoms with E-state index in [9.17, 15) is 4.79 Å². The van der Waals surface area contributed by atoms with E-state index in [0.717, 1.165) is 11.1 Å². The van der Waals surface area contributed by atoms with Gasteiger partial charge in [0.05, 0.1) is 20.6 Å². The second kappa shape index (κ2) is 6.05. The number of carbonyl (C=O) groups excluding carboxylic acids is 1. The summed E-state index contributed by atoms with van der Waals surface area (Å²) in [6, 6.07) is 3.65. The molecule has 0 radical (unpaired) electrons. The summed E-state index contributed by atoms with van der Waals surface area (Å²) in [6.45, 7) is 1.92. The van der Waals surface area contributed by atoms with Gasteiger partial charge >= 0.3 is 0 Å². The van der Waals surface area contributed by atoms with Crippen LogP contribution in [0.2, 0.25) is 0 Å². The van der Waals surface area contributed by atoms with Gasteiger partial charge in [0.1, 0.15) is 12.7 Å². The second-order valence-corrected chi connectivity index (χ2v) is 4.21. The molecule has 0 bridgehead atoms. The third-order valence-corrected chi connectivity index (χ3v) is 2.87. The maximum atomic E-state index is 11.9. The van der Waals surface area contributed by atoms with Gasteiger partial charge in [-0.25, -0.2) is 4.68 Å². The lowest BCUT2D eigenvalue weighted by Crippen LogP contribution is -2.23. The van der Waals surface area contributed by atoms with Crippen LogP contribution >= 0.6 is 0 Å². The zero-order valence-electron chi connectivity index (χ0n) is 11.6. The van der Waals surface area contributed by atoms with Crippen molar-refractivity contribution in [2.45, 2.75) is 13.3 Å². The Bertz CT molecular complexity index is 596. The van der Waals surface area contributed by atoms with Crippen LogP contribution in [-0.2, 0) is 11.2 Å². The summed E-state index contributed by atoms with van der Waals surface area (Å²) in [5, 5.41) is 7.22. The minimum Gasteiger partial charge on any atom is -0.493 e. The fraction of sp³-hybridized carbons (Fsp3) is 0.308. The fourth-order valence-corrected chi connectivity index (χ4v) is 1.83. The largest absolute Gasteiger partial charge is 0.493 e. The van der Waals surface area contributed by atoms with E-state index in [0.29, 0.717) is 11.5 Å². The number of rotatable bonds is 5. The molecule has 1 aromatic heterocycles. The van der Waals surface area contributed by atoms with Crippen molar-refractivity contribution in [3.05, 3.63) is 35.9 Å². The highest BCUT2D eigenvalue weighted by Crippen LogP contribution is 2.30. The number of nitrogens with one attached hydrogen (secondary N) is 1. The first-order valence-electron chi connectivity index (χ1n) is 6.00. The lowest BCUT2D eigenvalue weighted by atomic mass is 10.0. The van der Waals surface area contributed by atoms with Crippen molar-refractivity contribution in [3.63, 3.8) is 0 Å². The van der Waals surface area contributed by atoms with Crippen molar-refractivity contribution in [1.29, 1.82) is 0 Å². The van der Waals surface area contributed by atoms with Gasteiger partial charge in [0.2, 0.25) is 5.91 Å². The Morgan fingerprint density at radius 3 is 2.40 bits per heavy atom. The first kappa shape index (κ1) is 13.9. The first-order valence-corrected chi connectivity index (χ1v) is 6.00. The van der Waals surface area contributed by atoms with E-state index in [1.54, 1.807) is 20.3 Å². The smallest absolute Gasteiger partial charge is 0.243 e. The summed E-state index contributed by atoms with van der Waals surface area (Å²) in [4.78, 5) is 11.9. The molecule has 0 aliphatic rings. The number of aryl methyl sites for hydroxylation is 1. The molecule has 7 heteroatoms. The van der Waals surface area contributed by atoms with Gasteiger partial charge in [-0.3, -0.25) is 10.2 Å². The van der Waals surface area contributed by atoms with Gasteiger partial charge in [0.25, 0.3) is 0 Å². The van der Waals surface area contributed by atoms with E-state index in [1.807, 2.05) is 13.0 Å². The molecular formula is C13H16N4O3. The zero-order chi connectivity index (χ0) is 14.5. The topological polar surface area (TPSA) is 78.3 Å². The normalized spacial score (nSPS) is 10.2. The molecule has 0 aliphatic carbocycles. The first-order chi connectivity index (χ1) is 9.63. The van der Waals surface area contributed by atoms with Crippen LogP contribution in [0.4, 0.5) is 0 Å². The van der Waals surface area contributed by atoms with E-state index < -0.39 is 0 Å². The number of amides is 1. The molecule has 2 aromatic rings. The van der Waals surface area contributed by atoms with Crippen LogP contribution < -0.4 is 14.9 Å². The molecule has 0 fully saturated rings. The van der Waals surface area contributed by atoms with E-state index in [2.05, 4.69) is 15.6 Å². The summed E-state index contributed by atoms with van der Waals surface area (Å²) in [7, 11) is 3.14. The molecule has 0 unspecified atom stereocenters. The highest BCUT2D eigenvalue weighted by Gasteiger charge is 2.12. The summed E-state index contributed by atoms with van der Waals surface area (Å²) in [6.07, 6.45) is 3.06. The van der Waals surface area contributed by atoms with E-state index in [4.69, 9.17) is 9.47 Å². The standard InChI is InChI=1S/C13H16N4O3/c1-9-4-11(19-2)12(20-3)5-10(9)6-13(18)16-17-7-14-15-8-17/h4-5,7-8H,6H2,1-3H3,(H,16,18). The number of carbonyl (C=O) groups is 1. The van der Waals surface area contributed by atoms with Crippen LogP contribution in [0.3, 0.4) is 0 Å². The summed E-state index contributed by atoms with van der Waals surface area (Å²) >= 11 is 0. The summed E-state index contributed by atoms with van der Waals surface area (Å²) in [5.41, 5.74) is 4.47. The number of hydrogen-bond acceptors (Lipinski definition) is 5. The Hall–Kier alpha value is -2.57. The van der Waals surface area contributed by atoms with Gasteiger partial charge < -0.3 is 9.47 Å². The van der Waals surface area contributed by atoms with Crippen molar-refractivity contribution in [2.75, 3.05) is 19.6 Å². The molecule has 106 valence electrons. The molecular weight excluding hydrogens is 260 g/mol. The second-order valence-electron chi connectivity index (χ2n) is 4.21. The summed E-state index contributed by atoms with van der Waals surface area (Å²) < 4.78 is 11.9. The molecule has 1 heterocycles. The van der Waals surface area contributed by atoms with Crippen LogP contribution in [0, 0.1) is 6.92 Å². The van der Waals surface area contributed by atoms with Crippen molar-refractivity contribution < 1.29 is 14.3 Å². The highest BCUT2D eigenvalue weighted by atomic mass is 16.5. The molecule has 2 rings (SSSR count). The average Bonchev–Trinajstić information content (AvgIpc) is 2.93. The Kier molecular flexibility index (Phi) is 4.19. The molecule has 7 nitrogen and oxygen atoms in total. The zero-order valence-corrected chi connectivity index (χ0v) is 11.6. The molecule has 0 spiro atoms. The number of nitrogens with zero attached hydrogens (tertiary/aromatic N) is 3. The number of aromatic nitrogens is 3. The Labute approximate surface area is 116 Å². The Balaban J connectivity index is 2.14. The van der Waals surface area contributed by atoms with Crippen LogP contribution in [0.1, 0.15) is 11.1 Å². The van der Waals surface area contributed by atoms with Gasteiger partial charge in [0.15, 0.2) is 11.5 Å². The van der Waals surface area contributed by atoms with Gasteiger partial charge in [-0.2, -0.15) is 0 Å². The predicted octanol–water partition coefficient (Wildman–Crippen LogP) is 0.917. The molecule has 0 atom stereocenters. The number of hydrogen-bond donors (Lipinski definition) is 1. The van der Waals surface area contributed by atoms with Gasteiger partial charge in [-0.15, -0.1) is 10.2 Å². The SMILES string of the molecule is COc1cc(C)c(CC(=O)Nn2cnnc2)cc1OC. The predicted molar refractivity (Wildman–Crippen MR) is 72.4 cm³/mol. The Morgan fingerprint density at radius 2 is 1.80 bits per heavy atom. The number of ether oxygens (including phenoxy) is 2. The van der Waals surface area contributed by atoms with Crippen molar-refractivity contribution in [3.8, 4) is 11.5 Å². The quantitative estimate of drug-likeness (QED) is 0.878. The van der Waals surface area contributed by atoms with Crippen LogP contribution in [-0.4, -0.2) is 35.0 Å². The highest BCUT2D eigenvalue weighted by molar-refractivity contribution is 5.86. The molecule has 0 saturated carbocycles. The molecule has 0 aliphatic heterocycles. The van der Waals surface area contributed by atoms with E-state index >= 15 is 0 Å². The molecule has 1 aromatic carbocycles. The van der Waals surface area contributed by atoms with E-state index in [1.165, 1.54) is 17.3 Å². The van der Waals surface area contributed by atoms with Gasteiger partial charge in [-0.05, 0) is 30.2 Å². The summed E-state index contributed by atoms with van der Waals surface area (Å²) in [5.74, 6) is 1.08. The van der Waals surface area contributed by atoms with Crippen molar-refractivity contribution in [1.82, 2.24) is 14.9 Å². The number of benzene rings is 1. The molecule has 0 saturated heterocycles. The fourth-order valence-electron chi connectivity index (χ4n) is 1.83. The minimum atomic E-state index is -0.167. The van der Waals surface area contributed by atoms with Crippen molar-refractivity contribution >= 4 is 5.91 Å². The molecule has 1 N–H and O–H groups in total.